The smallest absolute Gasteiger partial charge is 0.299 e. The lowest BCUT2D eigenvalue weighted by atomic mass is 10.1. The number of anilines is 1. The van der Waals surface area contributed by atoms with Gasteiger partial charge in [-0.1, -0.05) is 18.2 Å². The summed E-state index contributed by atoms with van der Waals surface area (Å²) in [5, 5.41) is 0. The SMILES string of the molecule is Cc1ccc2c(c1)N(C1CCCN(CCc3ccc(F)cc3)CC1)C(=O)C2=O. The quantitative estimate of drug-likeness (QED) is 0.759. The summed E-state index contributed by atoms with van der Waals surface area (Å²) < 4.78 is 13.0. The van der Waals surface area contributed by atoms with Crippen molar-refractivity contribution in [2.75, 3.05) is 24.5 Å². The summed E-state index contributed by atoms with van der Waals surface area (Å²) in [4.78, 5) is 29.2. The zero-order chi connectivity index (χ0) is 19.7. The lowest BCUT2D eigenvalue weighted by molar-refractivity contribution is -0.114. The maximum Gasteiger partial charge on any atom is 0.299 e. The van der Waals surface area contributed by atoms with E-state index in [4.69, 9.17) is 0 Å². The van der Waals surface area contributed by atoms with E-state index in [2.05, 4.69) is 4.90 Å². The van der Waals surface area contributed by atoms with Crippen molar-refractivity contribution in [1.82, 2.24) is 4.90 Å². The molecule has 0 spiro atoms. The van der Waals surface area contributed by atoms with Crippen molar-refractivity contribution in [3.63, 3.8) is 0 Å². The first kappa shape index (κ1) is 18.8. The molecule has 2 heterocycles. The fourth-order valence-corrected chi connectivity index (χ4v) is 4.29. The second-order valence-corrected chi connectivity index (χ2v) is 7.83. The molecule has 1 unspecified atom stereocenters. The highest BCUT2D eigenvalue weighted by atomic mass is 19.1. The summed E-state index contributed by atoms with van der Waals surface area (Å²) in [7, 11) is 0. The van der Waals surface area contributed by atoms with Gasteiger partial charge in [0.25, 0.3) is 11.7 Å². The van der Waals surface area contributed by atoms with Crippen molar-refractivity contribution in [2.24, 2.45) is 0 Å². The topological polar surface area (TPSA) is 40.6 Å². The molecule has 2 aliphatic heterocycles. The van der Waals surface area contributed by atoms with Gasteiger partial charge in [-0.3, -0.25) is 9.59 Å². The van der Waals surface area contributed by atoms with E-state index in [0.29, 0.717) is 5.56 Å². The van der Waals surface area contributed by atoms with E-state index in [1.165, 1.54) is 12.1 Å². The summed E-state index contributed by atoms with van der Waals surface area (Å²) in [6.07, 6.45) is 3.64. The Morgan fingerprint density at radius 2 is 1.82 bits per heavy atom. The number of amides is 1. The van der Waals surface area contributed by atoms with Crippen LogP contribution in [0.1, 0.15) is 40.7 Å². The number of nitrogens with zero attached hydrogens (tertiary/aromatic N) is 2. The van der Waals surface area contributed by atoms with Crippen LogP contribution in [0.4, 0.5) is 10.1 Å². The van der Waals surface area contributed by atoms with Crippen LogP contribution in [0, 0.1) is 12.7 Å². The van der Waals surface area contributed by atoms with Gasteiger partial charge in [0.15, 0.2) is 0 Å². The summed E-state index contributed by atoms with van der Waals surface area (Å²) >= 11 is 0. The van der Waals surface area contributed by atoms with Crippen LogP contribution in [0.2, 0.25) is 0 Å². The van der Waals surface area contributed by atoms with Crippen molar-refractivity contribution in [3.05, 3.63) is 65.0 Å². The van der Waals surface area contributed by atoms with Crippen LogP contribution >= 0.6 is 0 Å². The standard InChI is InChI=1S/C23H25FN2O2/c1-16-4-9-20-21(15-16)26(23(28)22(20)27)19-3-2-12-25(14-11-19)13-10-17-5-7-18(24)8-6-17/h4-9,15,19H,2-3,10-14H2,1H3. The average molecular weight is 380 g/mol. The van der Waals surface area contributed by atoms with E-state index < -0.39 is 0 Å². The third-order valence-corrected chi connectivity index (χ3v) is 5.86. The van der Waals surface area contributed by atoms with E-state index in [-0.39, 0.29) is 23.5 Å². The Hall–Kier alpha value is -2.53. The number of rotatable bonds is 4. The number of ketones is 1. The molecule has 0 saturated carbocycles. The highest BCUT2D eigenvalue weighted by Crippen LogP contribution is 2.34. The number of carbonyl (C=O) groups excluding carboxylic acids is 2. The van der Waals surface area contributed by atoms with Crippen molar-refractivity contribution < 1.29 is 14.0 Å². The molecule has 2 aliphatic rings. The molecular weight excluding hydrogens is 355 g/mol. The molecule has 2 aromatic carbocycles. The molecule has 0 aliphatic carbocycles. The zero-order valence-corrected chi connectivity index (χ0v) is 16.2. The number of aryl methyl sites for hydroxylation is 1. The molecule has 146 valence electrons. The second kappa shape index (κ2) is 7.84. The predicted molar refractivity (Wildman–Crippen MR) is 107 cm³/mol. The molecule has 1 saturated heterocycles. The van der Waals surface area contributed by atoms with Gasteiger partial charge in [-0.05, 0) is 74.5 Å². The number of likely N-dealkylation sites (tertiary alicyclic amines) is 1. The van der Waals surface area contributed by atoms with Crippen LogP contribution in [0.25, 0.3) is 0 Å². The van der Waals surface area contributed by atoms with Gasteiger partial charge < -0.3 is 9.80 Å². The molecule has 1 atom stereocenters. The molecule has 0 radical (unpaired) electrons. The highest BCUT2D eigenvalue weighted by Gasteiger charge is 2.40. The minimum Gasteiger partial charge on any atom is -0.303 e. The first-order valence-corrected chi connectivity index (χ1v) is 9.98. The summed E-state index contributed by atoms with van der Waals surface area (Å²) in [6.45, 7) is 4.77. The number of carbonyl (C=O) groups is 2. The van der Waals surface area contributed by atoms with Crippen molar-refractivity contribution in [3.8, 4) is 0 Å². The molecule has 4 rings (SSSR count). The summed E-state index contributed by atoms with van der Waals surface area (Å²) in [5.41, 5.74) is 3.50. The Balaban J connectivity index is 1.42. The van der Waals surface area contributed by atoms with Crippen LogP contribution in [-0.2, 0) is 11.2 Å². The maximum atomic E-state index is 13.0. The van der Waals surface area contributed by atoms with E-state index in [0.717, 1.165) is 62.1 Å². The van der Waals surface area contributed by atoms with Crippen molar-refractivity contribution >= 4 is 17.4 Å². The van der Waals surface area contributed by atoms with Gasteiger partial charge in [0.2, 0.25) is 0 Å². The highest BCUT2D eigenvalue weighted by molar-refractivity contribution is 6.52. The fourth-order valence-electron chi connectivity index (χ4n) is 4.29. The van der Waals surface area contributed by atoms with Crippen molar-refractivity contribution in [2.45, 2.75) is 38.6 Å². The van der Waals surface area contributed by atoms with Gasteiger partial charge in [-0.25, -0.2) is 4.39 Å². The lowest BCUT2D eigenvalue weighted by Crippen LogP contribution is -2.40. The number of fused-ring (bicyclic) bond motifs is 1. The van der Waals surface area contributed by atoms with Crippen molar-refractivity contribution in [1.29, 1.82) is 0 Å². The Bertz CT molecular complexity index is 894. The Morgan fingerprint density at radius 3 is 2.61 bits per heavy atom. The Kier molecular flexibility index (Phi) is 5.27. The molecule has 0 aromatic heterocycles. The summed E-state index contributed by atoms with van der Waals surface area (Å²) in [5.74, 6) is -0.973. The van der Waals surface area contributed by atoms with E-state index >= 15 is 0 Å². The van der Waals surface area contributed by atoms with Gasteiger partial charge in [0.05, 0.1) is 11.3 Å². The molecule has 0 bridgehead atoms. The molecular formula is C23H25FN2O2. The number of hydrogen-bond acceptors (Lipinski definition) is 3. The Labute approximate surface area is 164 Å². The number of halogens is 1. The van der Waals surface area contributed by atoms with Crippen LogP contribution in [0.15, 0.2) is 42.5 Å². The fraction of sp³-hybridized carbons (Fsp3) is 0.391. The monoisotopic (exact) mass is 380 g/mol. The third-order valence-electron chi connectivity index (χ3n) is 5.86. The van der Waals surface area contributed by atoms with Gasteiger partial charge >= 0.3 is 0 Å². The number of hydrogen-bond donors (Lipinski definition) is 0. The first-order valence-electron chi connectivity index (χ1n) is 9.98. The average Bonchev–Trinajstić information content (AvgIpc) is 2.84. The minimum absolute atomic E-state index is 0.0651. The molecule has 1 amide bonds. The predicted octanol–water partition coefficient (Wildman–Crippen LogP) is 3.76. The molecule has 5 heteroatoms. The van der Waals surface area contributed by atoms with Gasteiger partial charge in [0, 0.05) is 19.1 Å². The van der Waals surface area contributed by atoms with Gasteiger partial charge in [0.1, 0.15) is 5.82 Å². The van der Waals surface area contributed by atoms with E-state index in [9.17, 15) is 14.0 Å². The number of benzene rings is 2. The molecule has 0 N–H and O–H groups in total. The van der Waals surface area contributed by atoms with Gasteiger partial charge in [-0.2, -0.15) is 0 Å². The molecule has 28 heavy (non-hydrogen) atoms. The van der Waals surface area contributed by atoms with Crippen LogP contribution < -0.4 is 4.90 Å². The minimum atomic E-state index is -0.384. The largest absolute Gasteiger partial charge is 0.303 e. The Morgan fingerprint density at radius 1 is 1.04 bits per heavy atom. The van der Waals surface area contributed by atoms with Crippen LogP contribution in [0.3, 0.4) is 0 Å². The zero-order valence-electron chi connectivity index (χ0n) is 16.2. The molecule has 1 fully saturated rings. The van der Waals surface area contributed by atoms with E-state index in [1.807, 2.05) is 31.2 Å². The summed E-state index contributed by atoms with van der Waals surface area (Å²) in [6, 6.07) is 12.4. The van der Waals surface area contributed by atoms with E-state index in [1.54, 1.807) is 11.0 Å². The first-order chi connectivity index (χ1) is 13.5. The second-order valence-electron chi connectivity index (χ2n) is 7.83. The van der Waals surface area contributed by atoms with Gasteiger partial charge in [-0.15, -0.1) is 0 Å². The number of Topliss-reactive ketones (excluding diaryl/α,β-unsaturated/α-hetero) is 1. The van der Waals surface area contributed by atoms with Crippen LogP contribution in [0.5, 0.6) is 0 Å². The maximum absolute atomic E-state index is 13.0. The molecule has 4 nitrogen and oxygen atoms in total. The normalized spacial score (nSPS) is 20.4. The van der Waals surface area contributed by atoms with Crippen LogP contribution in [-0.4, -0.2) is 42.3 Å². The third kappa shape index (κ3) is 3.72. The molecule has 2 aromatic rings. The lowest BCUT2D eigenvalue weighted by Gasteiger charge is -2.27.